The predicted octanol–water partition coefficient (Wildman–Crippen LogP) is 2.60. The van der Waals surface area contributed by atoms with Crippen LogP contribution in [0.5, 0.6) is 0 Å². The Bertz CT molecular complexity index is 432. The Hall–Kier alpha value is -0.960. The summed E-state index contributed by atoms with van der Waals surface area (Å²) < 4.78 is 0. The molecule has 84 valence electrons. The number of likely N-dealkylation sites (tertiary alicyclic amines) is 1. The third kappa shape index (κ3) is 1.63. The zero-order valence-electron chi connectivity index (χ0n) is 9.10. The fraction of sp³-hybridized carbons (Fsp3) is 0.462. The second-order valence-corrected chi connectivity index (χ2v) is 5.36. The molecule has 1 aromatic carbocycles. The molecule has 2 unspecified atom stereocenters. The van der Waals surface area contributed by atoms with Crippen molar-refractivity contribution in [1.82, 2.24) is 4.90 Å². The van der Waals surface area contributed by atoms with Gasteiger partial charge in [0.1, 0.15) is 0 Å². The van der Waals surface area contributed by atoms with Crippen molar-refractivity contribution in [1.29, 1.82) is 0 Å². The Labute approximate surface area is 101 Å². The quantitative estimate of drug-likeness (QED) is 0.739. The van der Waals surface area contributed by atoms with Crippen molar-refractivity contribution < 1.29 is 4.79 Å². The highest BCUT2D eigenvalue weighted by molar-refractivity contribution is 7.80. The van der Waals surface area contributed by atoms with E-state index in [-0.39, 0.29) is 5.91 Å². The van der Waals surface area contributed by atoms with Crippen LogP contribution in [0.4, 0.5) is 0 Å². The van der Waals surface area contributed by atoms with E-state index in [0.29, 0.717) is 6.04 Å². The number of carbonyl (C=O) groups is 1. The molecule has 0 N–H and O–H groups in total. The van der Waals surface area contributed by atoms with Crippen LogP contribution in [0.25, 0.3) is 0 Å². The SMILES string of the molecule is O=C(c1cccc(S)c1)N1CC2CCC1C2. The topological polar surface area (TPSA) is 20.3 Å². The summed E-state index contributed by atoms with van der Waals surface area (Å²) in [5.41, 5.74) is 0.778. The van der Waals surface area contributed by atoms with Gasteiger partial charge in [0.15, 0.2) is 0 Å². The Kier molecular flexibility index (Phi) is 2.43. The molecule has 0 spiro atoms. The fourth-order valence-electron chi connectivity index (χ4n) is 2.98. The van der Waals surface area contributed by atoms with Crippen molar-refractivity contribution in [2.24, 2.45) is 5.92 Å². The van der Waals surface area contributed by atoms with Crippen LogP contribution >= 0.6 is 12.6 Å². The molecule has 3 heteroatoms. The van der Waals surface area contributed by atoms with Gasteiger partial charge in [0.2, 0.25) is 0 Å². The minimum Gasteiger partial charge on any atom is -0.335 e. The molecule has 2 atom stereocenters. The molecule has 1 saturated carbocycles. The van der Waals surface area contributed by atoms with Crippen molar-refractivity contribution in [2.45, 2.75) is 30.2 Å². The summed E-state index contributed by atoms with van der Waals surface area (Å²) in [5.74, 6) is 0.941. The molecule has 2 aliphatic rings. The molecule has 0 radical (unpaired) electrons. The van der Waals surface area contributed by atoms with Gasteiger partial charge in [0.05, 0.1) is 0 Å². The summed E-state index contributed by atoms with van der Waals surface area (Å²) in [5, 5.41) is 0. The summed E-state index contributed by atoms with van der Waals surface area (Å²) in [7, 11) is 0. The number of thiol groups is 1. The molecular weight excluding hydrogens is 218 g/mol. The van der Waals surface area contributed by atoms with Gasteiger partial charge in [-0.2, -0.15) is 0 Å². The maximum Gasteiger partial charge on any atom is 0.254 e. The van der Waals surface area contributed by atoms with Gasteiger partial charge >= 0.3 is 0 Å². The number of hydrogen-bond acceptors (Lipinski definition) is 2. The van der Waals surface area contributed by atoms with Crippen molar-refractivity contribution in [3.8, 4) is 0 Å². The average Bonchev–Trinajstić information content (AvgIpc) is 2.89. The Morgan fingerprint density at radius 2 is 2.25 bits per heavy atom. The van der Waals surface area contributed by atoms with E-state index in [1.807, 2.05) is 24.3 Å². The Balaban J connectivity index is 1.83. The summed E-state index contributed by atoms with van der Waals surface area (Å²) in [6.07, 6.45) is 3.71. The maximum atomic E-state index is 12.3. The van der Waals surface area contributed by atoms with Crippen molar-refractivity contribution in [3.63, 3.8) is 0 Å². The summed E-state index contributed by atoms with van der Waals surface area (Å²) in [6.45, 7) is 0.959. The number of benzene rings is 1. The highest BCUT2D eigenvalue weighted by atomic mass is 32.1. The van der Waals surface area contributed by atoms with Crippen molar-refractivity contribution in [2.75, 3.05) is 6.54 Å². The summed E-state index contributed by atoms with van der Waals surface area (Å²) >= 11 is 4.27. The number of piperidine rings is 1. The lowest BCUT2D eigenvalue weighted by atomic mass is 10.1. The molecule has 16 heavy (non-hydrogen) atoms. The maximum absolute atomic E-state index is 12.3. The second kappa shape index (κ2) is 3.81. The third-order valence-corrected chi connectivity index (χ3v) is 4.04. The highest BCUT2D eigenvalue weighted by Gasteiger charge is 2.40. The fourth-order valence-corrected chi connectivity index (χ4v) is 3.20. The zero-order chi connectivity index (χ0) is 11.1. The minimum absolute atomic E-state index is 0.183. The van der Waals surface area contributed by atoms with E-state index < -0.39 is 0 Å². The van der Waals surface area contributed by atoms with Crippen LogP contribution in [-0.4, -0.2) is 23.4 Å². The summed E-state index contributed by atoms with van der Waals surface area (Å²) in [6, 6.07) is 8.03. The molecule has 3 rings (SSSR count). The highest BCUT2D eigenvalue weighted by Crippen LogP contribution is 2.38. The van der Waals surface area contributed by atoms with E-state index in [1.54, 1.807) is 0 Å². The summed E-state index contributed by atoms with van der Waals surface area (Å²) in [4.78, 5) is 15.2. The lowest BCUT2D eigenvalue weighted by Gasteiger charge is -2.27. The largest absolute Gasteiger partial charge is 0.335 e. The number of rotatable bonds is 1. The molecule has 1 heterocycles. The van der Waals surface area contributed by atoms with Crippen LogP contribution < -0.4 is 0 Å². The van der Waals surface area contributed by atoms with E-state index in [2.05, 4.69) is 17.5 Å². The van der Waals surface area contributed by atoms with Crippen LogP contribution in [0.2, 0.25) is 0 Å². The number of nitrogens with zero attached hydrogens (tertiary/aromatic N) is 1. The molecule has 1 saturated heterocycles. The van der Waals surface area contributed by atoms with Gasteiger partial charge in [-0.05, 0) is 43.4 Å². The van der Waals surface area contributed by atoms with Crippen molar-refractivity contribution >= 4 is 18.5 Å². The molecule has 2 nitrogen and oxygen atoms in total. The molecule has 1 aliphatic heterocycles. The molecule has 0 aromatic heterocycles. The lowest BCUT2D eigenvalue weighted by Crippen LogP contribution is -2.37. The monoisotopic (exact) mass is 233 g/mol. The van der Waals surface area contributed by atoms with Gasteiger partial charge < -0.3 is 4.90 Å². The van der Waals surface area contributed by atoms with E-state index in [4.69, 9.17) is 0 Å². The lowest BCUT2D eigenvalue weighted by molar-refractivity contribution is 0.0703. The average molecular weight is 233 g/mol. The number of amides is 1. The zero-order valence-corrected chi connectivity index (χ0v) is 9.99. The van der Waals surface area contributed by atoms with Crippen LogP contribution in [0.1, 0.15) is 29.6 Å². The van der Waals surface area contributed by atoms with Crippen LogP contribution in [0.3, 0.4) is 0 Å². The number of hydrogen-bond donors (Lipinski definition) is 1. The van der Waals surface area contributed by atoms with Gasteiger partial charge in [0, 0.05) is 23.0 Å². The molecule has 1 aromatic rings. The van der Waals surface area contributed by atoms with Crippen LogP contribution in [0, 0.1) is 5.92 Å². The van der Waals surface area contributed by atoms with Crippen molar-refractivity contribution in [3.05, 3.63) is 29.8 Å². The smallest absolute Gasteiger partial charge is 0.254 e. The third-order valence-electron chi connectivity index (χ3n) is 3.76. The predicted molar refractivity (Wildman–Crippen MR) is 65.9 cm³/mol. The Morgan fingerprint density at radius 1 is 1.38 bits per heavy atom. The standard InChI is InChI=1S/C13H15NOS/c15-13(10-2-1-3-12(16)7-10)14-8-9-4-5-11(14)6-9/h1-3,7,9,11,16H,4-6,8H2. The molecule has 2 fully saturated rings. The van der Waals surface area contributed by atoms with Crippen LogP contribution in [-0.2, 0) is 0 Å². The second-order valence-electron chi connectivity index (χ2n) is 4.84. The molecule has 2 bridgehead atoms. The van der Waals surface area contributed by atoms with Gasteiger partial charge in [0.25, 0.3) is 5.91 Å². The van der Waals surface area contributed by atoms with Gasteiger partial charge in [-0.15, -0.1) is 12.6 Å². The minimum atomic E-state index is 0.183. The first-order chi connectivity index (χ1) is 7.74. The van der Waals surface area contributed by atoms with Gasteiger partial charge in [-0.1, -0.05) is 6.07 Å². The van der Waals surface area contributed by atoms with E-state index >= 15 is 0 Å². The normalized spacial score (nSPS) is 27.4. The molecule has 1 amide bonds. The first kappa shape index (κ1) is 10.2. The first-order valence-corrected chi connectivity index (χ1v) is 6.29. The first-order valence-electron chi connectivity index (χ1n) is 5.84. The van der Waals surface area contributed by atoms with E-state index in [0.717, 1.165) is 22.9 Å². The number of fused-ring (bicyclic) bond motifs is 2. The molecule has 1 aliphatic carbocycles. The Morgan fingerprint density at radius 3 is 2.88 bits per heavy atom. The van der Waals surface area contributed by atoms with E-state index in [1.165, 1.54) is 19.3 Å². The number of carbonyl (C=O) groups excluding carboxylic acids is 1. The molecular formula is C13H15NOS. The van der Waals surface area contributed by atoms with Crippen LogP contribution in [0.15, 0.2) is 29.2 Å². The van der Waals surface area contributed by atoms with Gasteiger partial charge in [-0.25, -0.2) is 0 Å². The van der Waals surface area contributed by atoms with Gasteiger partial charge in [-0.3, -0.25) is 4.79 Å². The van der Waals surface area contributed by atoms with E-state index in [9.17, 15) is 4.79 Å².